The molecule has 0 aliphatic rings. The van der Waals surface area contributed by atoms with Crippen molar-refractivity contribution in [1.29, 1.82) is 0 Å². The number of fused-ring (bicyclic) bond motifs is 2. The molecule has 0 saturated heterocycles. The van der Waals surface area contributed by atoms with Crippen LogP contribution in [0.25, 0.3) is 21.5 Å². The van der Waals surface area contributed by atoms with Crippen LogP contribution in [-0.2, 0) is 6.54 Å². The first-order valence-electron chi connectivity index (χ1n) is 10.1. The lowest BCUT2D eigenvalue weighted by Crippen LogP contribution is -2.22. The topological polar surface area (TPSA) is 48.2 Å². The fraction of sp³-hybridized carbons (Fsp3) is 0.200. The lowest BCUT2D eigenvalue weighted by Gasteiger charge is -2.19. The fourth-order valence-corrected chi connectivity index (χ4v) is 3.69. The number of phenols is 1. The molecule has 4 nitrogen and oxygen atoms in total. The van der Waals surface area contributed by atoms with E-state index in [1.165, 1.54) is 0 Å². The molecule has 0 fully saturated rings. The smallest absolute Gasteiger partial charge is 0.128 e. The molecule has 29 heavy (non-hydrogen) atoms. The van der Waals surface area contributed by atoms with Crippen LogP contribution in [0.2, 0.25) is 0 Å². The Morgan fingerprint density at radius 2 is 1.34 bits per heavy atom. The van der Waals surface area contributed by atoms with Crippen molar-refractivity contribution in [2.75, 3.05) is 13.1 Å². The minimum Gasteiger partial charge on any atom is -0.507 e. The van der Waals surface area contributed by atoms with Gasteiger partial charge in [-0.15, -0.1) is 10.2 Å². The molecule has 0 heterocycles. The molecular formula is C25H25N3O. The standard InChI is InChI=1S/C25H25N3O/c1-3-28(4-2)17-19-16-24(21-13-7-8-14-22(21)25(19)29)27-26-23-15-9-11-18-10-5-6-12-20(18)23/h5-16,29H,3-4,17H2,1-2H3. The van der Waals surface area contributed by atoms with Crippen LogP contribution in [-0.4, -0.2) is 23.1 Å². The SMILES string of the molecule is CCN(CC)Cc1cc(N=Nc2cccc3ccccc23)c2ccccc2c1O. The number of hydrogen-bond donors (Lipinski definition) is 1. The first-order chi connectivity index (χ1) is 14.2. The molecule has 146 valence electrons. The molecule has 0 saturated carbocycles. The Morgan fingerprint density at radius 3 is 2.10 bits per heavy atom. The molecule has 0 aliphatic heterocycles. The second-order valence-electron chi connectivity index (χ2n) is 7.11. The Morgan fingerprint density at radius 1 is 0.724 bits per heavy atom. The van der Waals surface area contributed by atoms with Crippen molar-refractivity contribution in [3.05, 3.63) is 78.4 Å². The number of hydrogen-bond acceptors (Lipinski definition) is 4. The average Bonchev–Trinajstić information content (AvgIpc) is 2.78. The molecule has 4 aromatic carbocycles. The van der Waals surface area contributed by atoms with Crippen molar-refractivity contribution in [2.45, 2.75) is 20.4 Å². The first kappa shape index (κ1) is 19.1. The number of nitrogens with zero attached hydrogens (tertiary/aromatic N) is 3. The van der Waals surface area contributed by atoms with Gasteiger partial charge in [-0.2, -0.15) is 0 Å². The molecule has 0 atom stereocenters. The number of benzene rings is 4. The van der Waals surface area contributed by atoms with Gasteiger partial charge in [0.2, 0.25) is 0 Å². The van der Waals surface area contributed by atoms with Crippen molar-refractivity contribution < 1.29 is 5.11 Å². The fourth-order valence-electron chi connectivity index (χ4n) is 3.69. The van der Waals surface area contributed by atoms with Gasteiger partial charge in [0.05, 0.1) is 11.4 Å². The van der Waals surface area contributed by atoms with Gasteiger partial charge in [0.1, 0.15) is 5.75 Å². The van der Waals surface area contributed by atoms with Crippen molar-refractivity contribution >= 4 is 32.9 Å². The molecule has 0 aromatic heterocycles. The number of azo groups is 1. The first-order valence-corrected chi connectivity index (χ1v) is 10.1. The minimum absolute atomic E-state index is 0.330. The van der Waals surface area contributed by atoms with E-state index in [0.717, 1.165) is 51.6 Å². The van der Waals surface area contributed by atoms with Crippen LogP contribution < -0.4 is 0 Å². The summed E-state index contributed by atoms with van der Waals surface area (Å²) in [6.45, 7) is 6.79. The maximum Gasteiger partial charge on any atom is 0.128 e. The molecule has 4 heteroatoms. The predicted octanol–water partition coefficient (Wildman–Crippen LogP) is 6.96. The van der Waals surface area contributed by atoms with Gasteiger partial charge in [-0.1, -0.05) is 74.5 Å². The Bertz CT molecular complexity index is 1170. The van der Waals surface area contributed by atoms with Crippen molar-refractivity contribution in [2.24, 2.45) is 10.2 Å². The van der Waals surface area contributed by atoms with E-state index >= 15 is 0 Å². The van der Waals surface area contributed by atoms with Gasteiger partial charge in [-0.05, 0) is 30.6 Å². The van der Waals surface area contributed by atoms with Gasteiger partial charge in [0.25, 0.3) is 0 Å². The zero-order chi connectivity index (χ0) is 20.2. The average molecular weight is 383 g/mol. The molecule has 1 N–H and O–H groups in total. The van der Waals surface area contributed by atoms with Crippen LogP contribution in [0.3, 0.4) is 0 Å². The van der Waals surface area contributed by atoms with Gasteiger partial charge < -0.3 is 5.11 Å². The zero-order valence-corrected chi connectivity index (χ0v) is 16.8. The molecule has 0 bridgehead atoms. The highest BCUT2D eigenvalue weighted by atomic mass is 16.3. The Balaban J connectivity index is 1.82. The minimum atomic E-state index is 0.330. The Kier molecular flexibility index (Phi) is 5.54. The van der Waals surface area contributed by atoms with Gasteiger partial charge in [0, 0.05) is 28.3 Å². The van der Waals surface area contributed by atoms with Crippen LogP contribution in [0.15, 0.2) is 83.0 Å². The van der Waals surface area contributed by atoms with Crippen molar-refractivity contribution in [1.82, 2.24) is 4.90 Å². The zero-order valence-electron chi connectivity index (χ0n) is 16.8. The van der Waals surface area contributed by atoms with Crippen molar-refractivity contribution in [3.8, 4) is 5.75 Å². The van der Waals surface area contributed by atoms with E-state index in [0.29, 0.717) is 12.3 Å². The summed E-state index contributed by atoms with van der Waals surface area (Å²) in [4.78, 5) is 2.27. The quantitative estimate of drug-likeness (QED) is 0.366. The molecule has 4 aromatic rings. The van der Waals surface area contributed by atoms with Crippen LogP contribution in [0.1, 0.15) is 19.4 Å². The Labute approximate surface area is 171 Å². The summed E-state index contributed by atoms with van der Waals surface area (Å²) >= 11 is 0. The summed E-state index contributed by atoms with van der Waals surface area (Å²) in [5.74, 6) is 0.330. The highest BCUT2D eigenvalue weighted by molar-refractivity contribution is 5.98. The third-order valence-electron chi connectivity index (χ3n) is 5.39. The number of phenolic OH excluding ortho intramolecular Hbond substituents is 1. The summed E-state index contributed by atoms with van der Waals surface area (Å²) in [6, 6.07) is 24.0. The summed E-state index contributed by atoms with van der Waals surface area (Å²) < 4.78 is 0. The van der Waals surface area contributed by atoms with Crippen LogP contribution in [0.4, 0.5) is 11.4 Å². The molecule has 0 radical (unpaired) electrons. The third kappa shape index (κ3) is 3.84. The van der Waals surface area contributed by atoms with E-state index in [4.69, 9.17) is 0 Å². The second kappa shape index (κ2) is 8.41. The van der Waals surface area contributed by atoms with E-state index in [1.807, 2.05) is 54.6 Å². The predicted molar refractivity (Wildman–Crippen MR) is 120 cm³/mol. The molecule has 4 rings (SSSR count). The van der Waals surface area contributed by atoms with E-state index in [2.05, 4.69) is 47.2 Å². The van der Waals surface area contributed by atoms with E-state index in [-0.39, 0.29) is 0 Å². The van der Waals surface area contributed by atoms with Crippen LogP contribution in [0, 0.1) is 0 Å². The van der Waals surface area contributed by atoms with Crippen molar-refractivity contribution in [3.63, 3.8) is 0 Å². The number of rotatable bonds is 6. The highest BCUT2D eigenvalue weighted by Gasteiger charge is 2.13. The summed E-state index contributed by atoms with van der Waals surface area (Å²) in [7, 11) is 0. The molecule has 0 aliphatic carbocycles. The van der Waals surface area contributed by atoms with Gasteiger partial charge >= 0.3 is 0 Å². The molecular weight excluding hydrogens is 358 g/mol. The van der Waals surface area contributed by atoms with Gasteiger partial charge in [-0.3, -0.25) is 4.90 Å². The van der Waals surface area contributed by atoms with E-state index < -0.39 is 0 Å². The molecule has 0 unspecified atom stereocenters. The monoisotopic (exact) mass is 383 g/mol. The lowest BCUT2D eigenvalue weighted by atomic mass is 10.0. The summed E-state index contributed by atoms with van der Waals surface area (Å²) in [5, 5.41) is 24.0. The van der Waals surface area contributed by atoms with Gasteiger partial charge in [-0.25, -0.2) is 0 Å². The normalized spacial score (nSPS) is 11.8. The highest BCUT2D eigenvalue weighted by Crippen LogP contribution is 2.38. The van der Waals surface area contributed by atoms with E-state index in [1.54, 1.807) is 0 Å². The Hall–Kier alpha value is -3.24. The maximum atomic E-state index is 10.8. The lowest BCUT2D eigenvalue weighted by molar-refractivity contribution is 0.291. The molecule has 0 amide bonds. The summed E-state index contributed by atoms with van der Waals surface area (Å²) in [5.41, 5.74) is 2.48. The van der Waals surface area contributed by atoms with Gasteiger partial charge in [0.15, 0.2) is 0 Å². The van der Waals surface area contributed by atoms with Crippen LogP contribution in [0.5, 0.6) is 5.75 Å². The maximum absolute atomic E-state index is 10.8. The molecule has 0 spiro atoms. The second-order valence-corrected chi connectivity index (χ2v) is 7.11. The largest absolute Gasteiger partial charge is 0.507 e. The number of aromatic hydroxyl groups is 1. The third-order valence-corrected chi connectivity index (χ3v) is 5.39. The summed E-state index contributed by atoms with van der Waals surface area (Å²) in [6.07, 6.45) is 0. The van der Waals surface area contributed by atoms with Crippen LogP contribution >= 0.6 is 0 Å². The van der Waals surface area contributed by atoms with E-state index in [9.17, 15) is 5.11 Å².